The Kier molecular flexibility index (Phi) is 50.0. The molecule has 1 unspecified atom stereocenters. The molecule has 6 heteroatoms. The molecule has 0 aromatic rings. The molecule has 0 aliphatic carbocycles. The van der Waals surface area contributed by atoms with Gasteiger partial charge in [-0.15, -0.1) is 0 Å². The summed E-state index contributed by atoms with van der Waals surface area (Å²) in [5, 5.41) is 0. The van der Waals surface area contributed by atoms with E-state index in [1.165, 1.54) is 96.3 Å². The zero-order valence-electron chi connectivity index (χ0n) is 42.2. The van der Waals surface area contributed by atoms with E-state index in [0.717, 1.165) is 96.3 Å². The molecule has 0 heterocycles. The number of allylic oxidation sites excluding steroid dienone is 16. The summed E-state index contributed by atoms with van der Waals surface area (Å²) in [6.07, 6.45) is 69.7. The normalized spacial score (nSPS) is 12.8. The van der Waals surface area contributed by atoms with Gasteiger partial charge in [-0.05, 0) is 64.2 Å². The van der Waals surface area contributed by atoms with Gasteiger partial charge < -0.3 is 14.2 Å². The van der Waals surface area contributed by atoms with Crippen LogP contribution in [0.2, 0.25) is 0 Å². The van der Waals surface area contributed by atoms with E-state index >= 15 is 0 Å². The standard InChI is InChI=1S/C59H98O6/c1-4-7-10-13-16-19-22-25-27-29-31-32-34-37-40-43-46-49-52-58(61)64-55-56(54-63-57(60)51-48-45-42-39-36-24-21-18-15-12-9-6-3)65-59(62)53-50-47-44-41-38-35-33-30-28-26-23-20-17-14-11-8-5-2/h8-9,11-12,14,17-18,20-21,23,26,28,30,33,35,38,56H,4-7,10,13,15-16,19,22,24-25,27,29,31-32,34,36-37,39-55H2,1-3H3/b11-8-,12-9-,17-14-,21-18-,23-20-,28-26-,33-30+,38-35-. The largest absolute Gasteiger partial charge is 0.462 e. The Morgan fingerprint density at radius 1 is 0.338 bits per heavy atom. The minimum Gasteiger partial charge on any atom is -0.462 e. The van der Waals surface area contributed by atoms with Crippen LogP contribution in [0.25, 0.3) is 0 Å². The van der Waals surface area contributed by atoms with Crippen molar-refractivity contribution in [2.75, 3.05) is 13.2 Å². The van der Waals surface area contributed by atoms with Crippen LogP contribution in [0.1, 0.15) is 239 Å². The van der Waals surface area contributed by atoms with E-state index in [1.54, 1.807) is 0 Å². The third-order valence-corrected chi connectivity index (χ3v) is 11.2. The van der Waals surface area contributed by atoms with Crippen molar-refractivity contribution in [2.24, 2.45) is 0 Å². The van der Waals surface area contributed by atoms with Crippen molar-refractivity contribution in [3.8, 4) is 0 Å². The Balaban J connectivity index is 4.45. The van der Waals surface area contributed by atoms with Gasteiger partial charge in [0.25, 0.3) is 0 Å². The van der Waals surface area contributed by atoms with Crippen LogP contribution < -0.4 is 0 Å². The molecule has 0 fully saturated rings. The number of rotatable bonds is 47. The smallest absolute Gasteiger partial charge is 0.306 e. The molecule has 0 bridgehead atoms. The average molecular weight is 903 g/mol. The van der Waals surface area contributed by atoms with Crippen LogP contribution in [-0.4, -0.2) is 37.2 Å². The van der Waals surface area contributed by atoms with Gasteiger partial charge in [0.1, 0.15) is 13.2 Å². The number of ether oxygens (including phenoxy) is 3. The molecule has 0 aromatic carbocycles. The highest BCUT2D eigenvalue weighted by atomic mass is 16.6. The van der Waals surface area contributed by atoms with Crippen LogP contribution in [0.3, 0.4) is 0 Å². The highest BCUT2D eigenvalue weighted by Gasteiger charge is 2.19. The highest BCUT2D eigenvalue weighted by molar-refractivity contribution is 5.71. The molecule has 0 aliphatic heterocycles. The van der Waals surface area contributed by atoms with Gasteiger partial charge in [0.05, 0.1) is 0 Å². The first-order valence-corrected chi connectivity index (χ1v) is 26.8. The molecule has 6 nitrogen and oxygen atoms in total. The summed E-state index contributed by atoms with van der Waals surface area (Å²) in [6, 6.07) is 0. The number of hydrogen-bond acceptors (Lipinski definition) is 6. The van der Waals surface area contributed by atoms with Crippen molar-refractivity contribution in [3.63, 3.8) is 0 Å². The lowest BCUT2D eigenvalue weighted by Gasteiger charge is -2.18. The van der Waals surface area contributed by atoms with Gasteiger partial charge in [0, 0.05) is 19.3 Å². The molecule has 0 aliphatic rings. The summed E-state index contributed by atoms with van der Waals surface area (Å²) in [4.78, 5) is 38.0. The van der Waals surface area contributed by atoms with Crippen LogP contribution in [-0.2, 0) is 28.6 Å². The summed E-state index contributed by atoms with van der Waals surface area (Å²) in [5.74, 6) is -0.958. The maximum atomic E-state index is 12.8. The summed E-state index contributed by atoms with van der Waals surface area (Å²) in [7, 11) is 0. The van der Waals surface area contributed by atoms with Gasteiger partial charge in [-0.2, -0.15) is 0 Å². The van der Waals surface area contributed by atoms with Crippen molar-refractivity contribution in [1.82, 2.24) is 0 Å². The van der Waals surface area contributed by atoms with Gasteiger partial charge in [0.2, 0.25) is 0 Å². The van der Waals surface area contributed by atoms with E-state index < -0.39 is 6.10 Å². The zero-order valence-corrected chi connectivity index (χ0v) is 42.2. The Morgan fingerprint density at radius 2 is 0.677 bits per heavy atom. The Hall–Kier alpha value is -3.67. The van der Waals surface area contributed by atoms with Crippen LogP contribution in [0.5, 0.6) is 0 Å². The van der Waals surface area contributed by atoms with Crippen LogP contribution in [0, 0.1) is 0 Å². The first-order valence-electron chi connectivity index (χ1n) is 26.8. The summed E-state index contributed by atoms with van der Waals surface area (Å²) >= 11 is 0. The molecule has 65 heavy (non-hydrogen) atoms. The van der Waals surface area contributed by atoms with Gasteiger partial charge in [0.15, 0.2) is 6.10 Å². The second kappa shape index (κ2) is 52.9. The maximum Gasteiger partial charge on any atom is 0.306 e. The molecule has 1 atom stereocenters. The number of carbonyl (C=O) groups is 3. The van der Waals surface area contributed by atoms with E-state index in [9.17, 15) is 14.4 Å². The third kappa shape index (κ3) is 51.2. The van der Waals surface area contributed by atoms with E-state index in [-0.39, 0.29) is 37.5 Å². The molecular weight excluding hydrogens is 805 g/mol. The van der Waals surface area contributed by atoms with E-state index in [4.69, 9.17) is 14.2 Å². The van der Waals surface area contributed by atoms with Gasteiger partial charge >= 0.3 is 17.9 Å². The summed E-state index contributed by atoms with van der Waals surface area (Å²) in [6.45, 7) is 6.34. The van der Waals surface area contributed by atoms with E-state index in [0.29, 0.717) is 19.3 Å². The minimum absolute atomic E-state index is 0.0995. The lowest BCUT2D eigenvalue weighted by Crippen LogP contribution is -2.30. The average Bonchev–Trinajstić information content (AvgIpc) is 3.30. The number of hydrogen-bond donors (Lipinski definition) is 0. The zero-order chi connectivity index (χ0) is 47.2. The molecule has 0 saturated heterocycles. The fourth-order valence-corrected chi connectivity index (χ4v) is 7.28. The van der Waals surface area contributed by atoms with Gasteiger partial charge in [-0.1, -0.05) is 253 Å². The summed E-state index contributed by atoms with van der Waals surface area (Å²) in [5.41, 5.74) is 0. The Labute approximate surface area is 400 Å². The monoisotopic (exact) mass is 903 g/mol. The van der Waals surface area contributed by atoms with E-state index in [2.05, 4.69) is 57.2 Å². The predicted octanol–water partition coefficient (Wildman–Crippen LogP) is 17.8. The lowest BCUT2D eigenvalue weighted by molar-refractivity contribution is -0.167. The van der Waals surface area contributed by atoms with Crippen molar-refractivity contribution in [1.29, 1.82) is 0 Å². The van der Waals surface area contributed by atoms with Crippen molar-refractivity contribution in [2.45, 2.75) is 245 Å². The topological polar surface area (TPSA) is 78.9 Å². The van der Waals surface area contributed by atoms with Crippen LogP contribution >= 0.6 is 0 Å². The second-order valence-corrected chi connectivity index (χ2v) is 17.5. The summed E-state index contributed by atoms with van der Waals surface area (Å²) < 4.78 is 16.8. The highest BCUT2D eigenvalue weighted by Crippen LogP contribution is 2.16. The van der Waals surface area contributed by atoms with Crippen LogP contribution in [0.4, 0.5) is 0 Å². The predicted molar refractivity (Wildman–Crippen MR) is 279 cm³/mol. The fraction of sp³-hybridized carbons (Fsp3) is 0.678. The molecule has 0 aromatic heterocycles. The number of unbranched alkanes of at least 4 members (excludes halogenated alkanes) is 25. The van der Waals surface area contributed by atoms with Crippen molar-refractivity contribution < 1.29 is 28.6 Å². The first kappa shape index (κ1) is 61.3. The molecule has 0 amide bonds. The maximum absolute atomic E-state index is 12.8. The molecule has 0 N–H and O–H groups in total. The second-order valence-electron chi connectivity index (χ2n) is 17.5. The molecule has 0 saturated carbocycles. The SMILES string of the molecule is CC\C=C/C=C\C=C/C=C\C=C\C=C/CCCCCC(=O)OC(COC(=O)CCCCCCC/C=C\C/C=C\CC)COC(=O)CCCCCCCCCCCCCCCCCCCC. The lowest BCUT2D eigenvalue weighted by atomic mass is 10.0. The molecular formula is C59H98O6. The van der Waals surface area contributed by atoms with E-state index in [1.807, 2.05) is 60.8 Å². The van der Waals surface area contributed by atoms with Crippen molar-refractivity contribution >= 4 is 17.9 Å². The third-order valence-electron chi connectivity index (χ3n) is 11.2. The molecule has 0 rings (SSSR count). The van der Waals surface area contributed by atoms with Gasteiger partial charge in [-0.3, -0.25) is 14.4 Å². The Bertz CT molecular complexity index is 1310. The first-order chi connectivity index (χ1) is 32.0. The van der Waals surface area contributed by atoms with Gasteiger partial charge in [-0.25, -0.2) is 0 Å². The number of carbonyl (C=O) groups excluding carboxylic acids is 3. The Morgan fingerprint density at radius 3 is 1.12 bits per heavy atom. The minimum atomic E-state index is -0.806. The molecule has 370 valence electrons. The number of esters is 3. The quantitative estimate of drug-likeness (QED) is 0.0199. The van der Waals surface area contributed by atoms with Crippen molar-refractivity contribution in [3.05, 3.63) is 97.2 Å². The molecule has 0 spiro atoms. The molecule has 0 radical (unpaired) electrons. The fourth-order valence-electron chi connectivity index (χ4n) is 7.28. The van der Waals surface area contributed by atoms with Crippen LogP contribution in [0.15, 0.2) is 97.2 Å².